The van der Waals surface area contributed by atoms with E-state index in [0.29, 0.717) is 16.5 Å². The van der Waals surface area contributed by atoms with Gasteiger partial charge in [-0.3, -0.25) is 4.79 Å². The van der Waals surface area contributed by atoms with Gasteiger partial charge in [0.05, 0.1) is 12.0 Å². The van der Waals surface area contributed by atoms with Crippen molar-refractivity contribution in [3.05, 3.63) is 24.2 Å². The molecule has 1 N–H and O–H groups in total. The zero-order chi connectivity index (χ0) is 10.4. The Bertz CT molecular complexity index is 309. The molecule has 1 rings (SSSR count). The fraction of sp³-hybridized carbons (Fsp3) is 0.333. The summed E-state index contributed by atoms with van der Waals surface area (Å²) in [7, 11) is 0. The standard InChI is InChI=1S/C9H11NO2S2/c1-2-8(11)10-9(13)14-6-7-4-3-5-12-7/h3-5H,2,6H2,1H3,(H,10,11,13). The van der Waals surface area contributed by atoms with Gasteiger partial charge in [0.15, 0.2) is 0 Å². The number of thiocarbonyl (C=S) groups is 1. The number of nitrogens with one attached hydrogen (secondary N) is 1. The minimum atomic E-state index is -0.0538. The van der Waals surface area contributed by atoms with Crippen molar-refractivity contribution in [2.24, 2.45) is 0 Å². The van der Waals surface area contributed by atoms with Gasteiger partial charge >= 0.3 is 0 Å². The van der Waals surface area contributed by atoms with Crippen LogP contribution in [-0.2, 0) is 10.5 Å². The predicted octanol–water partition coefficient (Wildman–Crippen LogP) is 2.32. The average Bonchev–Trinajstić information content (AvgIpc) is 2.67. The Morgan fingerprint density at radius 1 is 1.71 bits per heavy atom. The average molecular weight is 229 g/mol. The third-order valence-corrected chi connectivity index (χ3v) is 2.74. The maximum Gasteiger partial charge on any atom is 0.225 e. The Morgan fingerprint density at radius 3 is 3.07 bits per heavy atom. The third-order valence-electron chi connectivity index (χ3n) is 1.49. The molecular formula is C9H11NO2S2. The van der Waals surface area contributed by atoms with Gasteiger partial charge in [0.25, 0.3) is 0 Å². The lowest BCUT2D eigenvalue weighted by Crippen LogP contribution is -2.25. The Morgan fingerprint density at radius 2 is 2.50 bits per heavy atom. The molecule has 0 aromatic carbocycles. The van der Waals surface area contributed by atoms with Crippen LogP contribution in [0.3, 0.4) is 0 Å². The molecule has 76 valence electrons. The molecule has 0 spiro atoms. The van der Waals surface area contributed by atoms with Gasteiger partial charge in [-0.15, -0.1) is 0 Å². The summed E-state index contributed by atoms with van der Waals surface area (Å²) >= 11 is 6.34. The van der Waals surface area contributed by atoms with E-state index in [9.17, 15) is 4.79 Å². The van der Waals surface area contributed by atoms with E-state index in [0.717, 1.165) is 5.76 Å². The van der Waals surface area contributed by atoms with Crippen molar-refractivity contribution in [2.45, 2.75) is 19.1 Å². The maximum atomic E-state index is 10.9. The van der Waals surface area contributed by atoms with Gasteiger partial charge in [0, 0.05) is 6.42 Å². The first-order valence-electron chi connectivity index (χ1n) is 4.21. The number of hydrogen-bond donors (Lipinski definition) is 1. The SMILES string of the molecule is CCC(=O)NC(=S)SCc1ccco1. The van der Waals surface area contributed by atoms with E-state index in [-0.39, 0.29) is 5.91 Å². The van der Waals surface area contributed by atoms with Crippen LogP contribution < -0.4 is 5.32 Å². The molecule has 1 aromatic rings. The lowest BCUT2D eigenvalue weighted by atomic mass is 10.5. The summed E-state index contributed by atoms with van der Waals surface area (Å²) in [4.78, 5) is 10.9. The van der Waals surface area contributed by atoms with Crippen LogP contribution in [0, 0.1) is 0 Å². The number of amides is 1. The summed E-state index contributed by atoms with van der Waals surface area (Å²) in [6.45, 7) is 1.79. The second-order valence-corrected chi connectivity index (χ2v) is 4.21. The molecule has 0 aliphatic rings. The van der Waals surface area contributed by atoms with E-state index < -0.39 is 0 Å². The van der Waals surface area contributed by atoms with Crippen molar-refractivity contribution < 1.29 is 9.21 Å². The van der Waals surface area contributed by atoms with Gasteiger partial charge in [-0.05, 0) is 12.1 Å². The summed E-state index contributed by atoms with van der Waals surface area (Å²) < 4.78 is 5.62. The zero-order valence-electron chi connectivity index (χ0n) is 7.78. The summed E-state index contributed by atoms with van der Waals surface area (Å²) in [5, 5.41) is 2.61. The molecule has 5 heteroatoms. The van der Waals surface area contributed by atoms with Crippen molar-refractivity contribution in [3.63, 3.8) is 0 Å². The Labute approximate surface area is 92.2 Å². The summed E-state index contributed by atoms with van der Waals surface area (Å²) in [5.41, 5.74) is 0. The largest absolute Gasteiger partial charge is 0.468 e. The highest BCUT2D eigenvalue weighted by molar-refractivity contribution is 8.22. The Hall–Kier alpha value is -0.810. The molecule has 0 fully saturated rings. The molecule has 0 bridgehead atoms. The number of furan rings is 1. The van der Waals surface area contributed by atoms with Gasteiger partial charge in [0.1, 0.15) is 10.1 Å². The molecule has 0 radical (unpaired) electrons. The highest BCUT2D eigenvalue weighted by atomic mass is 32.2. The predicted molar refractivity (Wildman–Crippen MR) is 61.0 cm³/mol. The van der Waals surface area contributed by atoms with E-state index in [1.165, 1.54) is 11.8 Å². The second kappa shape index (κ2) is 5.82. The molecule has 0 aliphatic carbocycles. The van der Waals surface area contributed by atoms with Gasteiger partial charge < -0.3 is 9.73 Å². The van der Waals surface area contributed by atoms with Crippen LogP contribution >= 0.6 is 24.0 Å². The first kappa shape index (κ1) is 11.3. The lowest BCUT2D eigenvalue weighted by Gasteiger charge is -2.02. The molecule has 0 saturated carbocycles. The monoisotopic (exact) mass is 229 g/mol. The molecular weight excluding hydrogens is 218 g/mol. The van der Waals surface area contributed by atoms with Gasteiger partial charge in [0.2, 0.25) is 5.91 Å². The normalized spacial score (nSPS) is 9.79. The molecule has 1 amide bonds. The molecule has 0 saturated heterocycles. The zero-order valence-corrected chi connectivity index (χ0v) is 9.41. The second-order valence-electron chi connectivity index (χ2n) is 2.56. The Kier molecular flexibility index (Phi) is 4.69. The molecule has 1 aromatic heterocycles. The van der Waals surface area contributed by atoms with Crippen molar-refractivity contribution in [1.29, 1.82) is 0 Å². The molecule has 1 heterocycles. The van der Waals surface area contributed by atoms with Crippen LogP contribution in [0.2, 0.25) is 0 Å². The van der Waals surface area contributed by atoms with E-state index >= 15 is 0 Å². The topological polar surface area (TPSA) is 42.2 Å². The first-order valence-corrected chi connectivity index (χ1v) is 5.60. The minimum Gasteiger partial charge on any atom is -0.468 e. The molecule has 14 heavy (non-hydrogen) atoms. The van der Waals surface area contributed by atoms with Crippen molar-refractivity contribution >= 4 is 34.2 Å². The summed E-state index contributed by atoms with van der Waals surface area (Å²) in [6.07, 6.45) is 2.06. The van der Waals surface area contributed by atoms with Crippen molar-refractivity contribution in [2.75, 3.05) is 0 Å². The molecule has 3 nitrogen and oxygen atoms in total. The van der Waals surface area contributed by atoms with Crippen LogP contribution in [0.5, 0.6) is 0 Å². The van der Waals surface area contributed by atoms with Crippen LogP contribution in [0.25, 0.3) is 0 Å². The van der Waals surface area contributed by atoms with Crippen LogP contribution in [-0.4, -0.2) is 10.2 Å². The van der Waals surface area contributed by atoms with Gasteiger partial charge in [-0.2, -0.15) is 0 Å². The third kappa shape index (κ3) is 3.93. The lowest BCUT2D eigenvalue weighted by molar-refractivity contribution is -0.119. The number of carbonyl (C=O) groups is 1. The quantitative estimate of drug-likeness (QED) is 0.808. The van der Waals surface area contributed by atoms with E-state index in [2.05, 4.69) is 5.32 Å². The van der Waals surface area contributed by atoms with Gasteiger partial charge in [-0.25, -0.2) is 0 Å². The van der Waals surface area contributed by atoms with Gasteiger partial charge in [-0.1, -0.05) is 30.9 Å². The fourth-order valence-electron chi connectivity index (χ4n) is 0.770. The number of carbonyl (C=O) groups excluding carboxylic acids is 1. The number of hydrogen-bond acceptors (Lipinski definition) is 4. The minimum absolute atomic E-state index is 0.0538. The highest BCUT2D eigenvalue weighted by Gasteiger charge is 2.03. The van der Waals surface area contributed by atoms with Crippen molar-refractivity contribution in [1.82, 2.24) is 5.32 Å². The number of thioether (sulfide) groups is 1. The maximum absolute atomic E-state index is 10.9. The fourth-order valence-corrected chi connectivity index (χ4v) is 1.68. The molecule has 0 unspecified atom stereocenters. The summed E-state index contributed by atoms with van der Waals surface area (Å²) in [6, 6.07) is 3.70. The smallest absolute Gasteiger partial charge is 0.225 e. The Balaban J connectivity index is 2.25. The number of rotatable bonds is 3. The highest BCUT2D eigenvalue weighted by Crippen LogP contribution is 2.13. The van der Waals surface area contributed by atoms with E-state index in [1.807, 2.05) is 12.1 Å². The summed E-state index contributed by atoms with van der Waals surface area (Å²) in [5.74, 6) is 1.44. The molecule has 0 aliphatic heterocycles. The molecule has 0 atom stereocenters. The van der Waals surface area contributed by atoms with E-state index in [1.54, 1.807) is 13.2 Å². The van der Waals surface area contributed by atoms with Crippen molar-refractivity contribution in [3.8, 4) is 0 Å². The van der Waals surface area contributed by atoms with Crippen LogP contribution in [0.1, 0.15) is 19.1 Å². The van der Waals surface area contributed by atoms with Crippen LogP contribution in [0.15, 0.2) is 22.8 Å². The van der Waals surface area contributed by atoms with E-state index in [4.69, 9.17) is 16.6 Å². The van der Waals surface area contributed by atoms with Crippen LogP contribution in [0.4, 0.5) is 0 Å². The first-order chi connectivity index (χ1) is 6.72.